The number of hydrogen-bond acceptors (Lipinski definition) is 2. The van der Waals surface area contributed by atoms with Crippen molar-refractivity contribution in [2.45, 2.75) is 77.0 Å². The lowest BCUT2D eigenvalue weighted by molar-refractivity contribution is 0.0877. The molecule has 0 aromatic carbocycles. The molecular weight excluding hydrogens is 248 g/mol. The van der Waals surface area contributed by atoms with Gasteiger partial charge in [0.25, 0.3) is 0 Å². The van der Waals surface area contributed by atoms with Crippen molar-refractivity contribution in [2.24, 2.45) is 5.92 Å². The topological polar surface area (TPSA) is 30.2 Å². The maximum absolute atomic E-state index is 12.8. The van der Waals surface area contributed by atoms with E-state index >= 15 is 0 Å². The summed E-state index contributed by atoms with van der Waals surface area (Å²) in [7, 11) is 0. The highest BCUT2D eigenvalue weighted by molar-refractivity contribution is 5.97. The van der Waals surface area contributed by atoms with Crippen LogP contribution in [0.2, 0.25) is 0 Å². The molecule has 0 bridgehead atoms. The monoisotopic (exact) mass is 274 g/mol. The molecule has 2 nitrogen and oxygen atoms in total. The summed E-state index contributed by atoms with van der Waals surface area (Å²) in [5.41, 5.74) is 2.56. The van der Waals surface area contributed by atoms with Crippen molar-refractivity contribution < 1.29 is 9.21 Å². The second kappa shape index (κ2) is 6.60. The zero-order chi connectivity index (χ0) is 13.8. The highest BCUT2D eigenvalue weighted by Gasteiger charge is 2.27. The van der Waals surface area contributed by atoms with Gasteiger partial charge in [0.2, 0.25) is 5.78 Å². The number of ketones is 1. The Balaban J connectivity index is 1.80. The van der Waals surface area contributed by atoms with Gasteiger partial charge in [0.1, 0.15) is 0 Å². The Morgan fingerprint density at radius 1 is 0.900 bits per heavy atom. The lowest BCUT2D eigenvalue weighted by atomic mass is 9.89. The Bertz CT molecular complexity index is 450. The number of Topliss-reactive ketones (excluding diaryl/α,β-unsaturated/α-hetero) is 1. The molecule has 0 radical (unpaired) electrons. The van der Waals surface area contributed by atoms with Crippen LogP contribution in [0.15, 0.2) is 10.7 Å². The number of carbonyl (C=O) groups excluding carboxylic acids is 1. The van der Waals surface area contributed by atoms with E-state index in [-0.39, 0.29) is 5.92 Å². The van der Waals surface area contributed by atoms with Gasteiger partial charge < -0.3 is 4.42 Å². The Kier molecular flexibility index (Phi) is 4.59. The number of hydrogen-bond donors (Lipinski definition) is 0. The van der Waals surface area contributed by atoms with E-state index < -0.39 is 0 Å². The van der Waals surface area contributed by atoms with Gasteiger partial charge in [-0.3, -0.25) is 4.79 Å². The SMILES string of the molecule is O=C(c1occ2c1CCCCCC2)C1CCCCCC1. The first-order chi connectivity index (χ1) is 9.86. The van der Waals surface area contributed by atoms with Crippen LogP contribution >= 0.6 is 0 Å². The van der Waals surface area contributed by atoms with E-state index in [1.54, 1.807) is 0 Å². The predicted octanol–water partition coefficient (Wildman–Crippen LogP) is 5.09. The molecule has 3 rings (SSSR count). The standard InChI is InChI=1S/C18H26O2/c19-17(14-9-5-1-2-6-10-14)18-16-12-8-4-3-7-11-15(16)13-20-18/h13-14H,1-12H2. The summed E-state index contributed by atoms with van der Waals surface area (Å²) in [6, 6.07) is 0. The zero-order valence-electron chi connectivity index (χ0n) is 12.5. The third kappa shape index (κ3) is 2.99. The second-order valence-electron chi connectivity index (χ2n) is 6.54. The van der Waals surface area contributed by atoms with E-state index in [0.29, 0.717) is 11.5 Å². The molecule has 0 saturated heterocycles. The van der Waals surface area contributed by atoms with Crippen molar-refractivity contribution in [3.8, 4) is 0 Å². The summed E-state index contributed by atoms with van der Waals surface area (Å²) in [5.74, 6) is 1.24. The fourth-order valence-corrected chi connectivity index (χ4v) is 3.81. The first-order valence-electron chi connectivity index (χ1n) is 8.49. The average molecular weight is 274 g/mol. The molecule has 1 heterocycles. The van der Waals surface area contributed by atoms with Gasteiger partial charge >= 0.3 is 0 Å². The molecule has 2 aliphatic carbocycles. The fourth-order valence-electron chi connectivity index (χ4n) is 3.81. The summed E-state index contributed by atoms with van der Waals surface area (Å²) in [6.45, 7) is 0. The van der Waals surface area contributed by atoms with Crippen LogP contribution in [0.5, 0.6) is 0 Å². The van der Waals surface area contributed by atoms with Gasteiger partial charge in [0, 0.05) is 11.5 Å². The van der Waals surface area contributed by atoms with Crippen molar-refractivity contribution >= 4 is 5.78 Å². The first-order valence-corrected chi connectivity index (χ1v) is 8.49. The summed E-state index contributed by atoms with van der Waals surface area (Å²) in [6.07, 6.45) is 16.2. The Hall–Kier alpha value is -1.05. The van der Waals surface area contributed by atoms with Gasteiger partial charge in [-0.05, 0) is 44.1 Å². The molecule has 20 heavy (non-hydrogen) atoms. The van der Waals surface area contributed by atoms with Crippen molar-refractivity contribution in [2.75, 3.05) is 0 Å². The molecule has 2 aliphatic rings. The van der Waals surface area contributed by atoms with Crippen LogP contribution in [0, 0.1) is 5.92 Å². The Morgan fingerprint density at radius 3 is 2.30 bits per heavy atom. The smallest absolute Gasteiger partial charge is 0.201 e. The molecule has 2 heteroatoms. The van der Waals surface area contributed by atoms with E-state index in [2.05, 4.69) is 0 Å². The van der Waals surface area contributed by atoms with E-state index in [1.165, 1.54) is 62.5 Å². The van der Waals surface area contributed by atoms with Gasteiger partial charge in [-0.2, -0.15) is 0 Å². The van der Waals surface area contributed by atoms with E-state index in [1.807, 2.05) is 6.26 Å². The van der Waals surface area contributed by atoms with Crippen molar-refractivity contribution in [1.29, 1.82) is 0 Å². The van der Waals surface area contributed by atoms with Crippen LogP contribution in [0.1, 0.15) is 85.9 Å². The third-order valence-corrected chi connectivity index (χ3v) is 5.05. The van der Waals surface area contributed by atoms with Crippen LogP contribution in [-0.2, 0) is 12.8 Å². The van der Waals surface area contributed by atoms with Crippen LogP contribution in [-0.4, -0.2) is 5.78 Å². The van der Waals surface area contributed by atoms with Gasteiger partial charge in [0.05, 0.1) is 6.26 Å². The zero-order valence-corrected chi connectivity index (χ0v) is 12.5. The minimum Gasteiger partial charge on any atom is -0.461 e. The molecular formula is C18H26O2. The summed E-state index contributed by atoms with van der Waals surface area (Å²) < 4.78 is 5.73. The van der Waals surface area contributed by atoms with Gasteiger partial charge in [-0.15, -0.1) is 0 Å². The van der Waals surface area contributed by atoms with Crippen molar-refractivity contribution in [3.05, 3.63) is 23.2 Å². The molecule has 1 fully saturated rings. The Morgan fingerprint density at radius 2 is 1.55 bits per heavy atom. The highest BCUT2D eigenvalue weighted by Crippen LogP contribution is 2.31. The molecule has 0 spiro atoms. The van der Waals surface area contributed by atoms with E-state index in [0.717, 1.165) is 25.7 Å². The molecule has 0 N–H and O–H groups in total. The Labute approximate surface area is 121 Å². The molecule has 0 atom stereocenters. The lowest BCUT2D eigenvalue weighted by Crippen LogP contribution is -2.15. The number of aryl methyl sites for hydroxylation is 1. The maximum Gasteiger partial charge on any atom is 0.201 e. The molecule has 0 aliphatic heterocycles. The quantitative estimate of drug-likeness (QED) is 0.555. The minimum absolute atomic E-state index is 0.221. The molecule has 1 aromatic rings. The van der Waals surface area contributed by atoms with Crippen LogP contribution < -0.4 is 0 Å². The highest BCUT2D eigenvalue weighted by atomic mass is 16.3. The number of rotatable bonds is 2. The van der Waals surface area contributed by atoms with E-state index in [4.69, 9.17) is 4.42 Å². The molecule has 110 valence electrons. The lowest BCUT2D eigenvalue weighted by Gasteiger charge is -2.14. The van der Waals surface area contributed by atoms with Crippen LogP contribution in [0.3, 0.4) is 0 Å². The minimum atomic E-state index is 0.221. The summed E-state index contributed by atoms with van der Waals surface area (Å²) >= 11 is 0. The fraction of sp³-hybridized carbons (Fsp3) is 0.722. The van der Waals surface area contributed by atoms with Gasteiger partial charge in [0.15, 0.2) is 5.76 Å². The summed E-state index contributed by atoms with van der Waals surface area (Å²) in [5, 5.41) is 0. The maximum atomic E-state index is 12.8. The normalized spacial score (nSPS) is 21.6. The summed E-state index contributed by atoms with van der Waals surface area (Å²) in [4.78, 5) is 12.8. The second-order valence-corrected chi connectivity index (χ2v) is 6.54. The third-order valence-electron chi connectivity index (χ3n) is 5.05. The van der Waals surface area contributed by atoms with E-state index in [9.17, 15) is 4.79 Å². The largest absolute Gasteiger partial charge is 0.461 e. The number of fused-ring (bicyclic) bond motifs is 1. The molecule has 1 saturated carbocycles. The average Bonchev–Trinajstić information content (AvgIpc) is 2.65. The molecule has 0 unspecified atom stereocenters. The van der Waals surface area contributed by atoms with Crippen molar-refractivity contribution in [1.82, 2.24) is 0 Å². The van der Waals surface area contributed by atoms with Crippen LogP contribution in [0.25, 0.3) is 0 Å². The predicted molar refractivity (Wildman–Crippen MR) is 80.1 cm³/mol. The van der Waals surface area contributed by atoms with Crippen LogP contribution in [0.4, 0.5) is 0 Å². The molecule has 1 aromatic heterocycles. The first kappa shape index (κ1) is 13.9. The molecule has 0 amide bonds. The van der Waals surface area contributed by atoms with Gasteiger partial charge in [-0.1, -0.05) is 38.5 Å². The van der Waals surface area contributed by atoms with Gasteiger partial charge in [-0.25, -0.2) is 0 Å². The van der Waals surface area contributed by atoms with Crippen molar-refractivity contribution in [3.63, 3.8) is 0 Å². The number of carbonyl (C=O) groups is 1. The number of furan rings is 1.